The van der Waals surface area contributed by atoms with Crippen molar-refractivity contribution in [2.24, 2.45) is 0 Å². The predicted octanol–water partition coefficient (Wildman–Crippen LogP) is 2.11. The van der Waals surface area contributed by atoms with Crippen molar-refractivity contribution in [1.29, 1.82) is 5.26 Å². The molecule has 2 aromatic rings. The molecule has 0 aliphatic rings. The molecule has 0 fully saturated rings. The number of fused-ring (bicyclic) bond motifs is 1. The highest BCUT2D eigenvalue weighted by Crippen LogP contribution is 2.12. The topological polar surface area (TPSA) is 103 Å². The van der Waals surface area contributed by atoms with Crippen molar-refractivity contribution in [3.63, 3.8) is 0 Å². The Kier molecular flexibility index (Phi) is 5.04. The first kappa shape index (κ1) is 15.4. The summed E-state index contributed by atoms with van der Waals surface area (Å²) >= 11 is 0. The van der Waals surface area contributed by atoms with Crippen LogP contribution in [0.15, 0.2) is 36.4 Å². The van der Waals surface area contributed by atoms with E-state index in [0.717, 1.165) is 5.39 Å². The Labute approximate surface area is 127 Å². The zero-order valence-electron chi connectivity index (χ0n) is 11.8. The van der Waals surface area contributed by atoms with Gasteiger partial charge in [-0.1, -0.05) is 24.3 Å². The molecule has 22 heavy (non-hydrogen) atoms. The van der Waals surface area contributed by atoms with Gasteiger partial charge in [-0.25, -0.2) is 9.78 Å². The van der Waals surface area contributed by atoms with E-state index < -0.39 is 17.9 Å². The maximum Gasteiger partial charge on any atom is 0.326 e. The predicted molar refractivity (Wildman–Crippen MR) is 80.1 cm³/mol. The lowest BCUT2D eigenvalue weighted by atomic mass is 10.1. The van der Waals surface area contributed by atoms with Gasteiger partial charge in [0.1, 0.15) is 11.7 Å². The summed E-state index contributed by atoms with van der Waals surface area (Å²) < 4.78 is 0. The van der Waals surface area contributed by atoms with E-state index in [1.807, 2.05) is 24.3 Å². The molecule has 112 valence electrons. The van der Waals surface area contributed by atoms with Gasteiger partial charge in [-0.3, -0.25) is 4.79 Å². The summed E-state index contributed by atoms with van der Waals surface area (Å²) in [7, 11) is 0. The molecule has 0 unspecified atom stereocenters. The van der Waals surface area contributed by atoms with E-state index in [1.165, 1.54) is 0 Å². The van der Waals surface area contributed by atoms with Gasteiger partial charge < -0.3 is 10.4 Å². The number of carboxylic acid groups (broad SMARTS) is 1. The van der Waals surface area contributed by atoms with E-state index in [-0.39, 0.29) is 18.5 Å². The maximum absolute atomic E-state index is 12.1. The van der Waals surface area contributed by atoms with Crippen molar-refractivity contribution in [2.45, 2.75) is 25.3 Å². The minimum atomic E-state index is -1.12. The smallest absolute Gasteiger partial charge is 0.326 e. The Balaban J connectivity index is 2.11. The lowest BCUT2D eigenvalue weighted by Crippen LogP contribution is -2.41. The summed E-state index contributed by atoms with van der Waals surface area (Å²) in [5.41, 5.74) is 0.844. The first-order chi connectivity index (χ1) is 10.6. The molecule has 0 spiro atoms. The summed E-state index contributed by atoms with van der Waals surface area (Å²) in [6, 6.07) is 11.6. The maximum atomic E-state index is 12.1. The number of carboxylic acids is 1. The second-order valence-corrected chi connectivity index (χ2v) is 4.80. The highest BCUT2D eigenvalue weighted by atomic mass is 16.4. The number of hydrogen-bond acceptors (Lipinski definition) is 4. The molecule has 0 saturated heterocycles. The molecule has 6 heteroatoms. The monoisotopic (exact) mass is 297 g/mol. The number of nitrogens with one attached hydrogen (secondary N) is 1. The number of amides is 1. The third-order valence-electron chi connectivity index (χ3n) is 3.22. The molecule has 1 aromatic heterocycles. The molecule has 1 amide bonds. The molecule has 0 aliphatic carbocycles. The van der Waals surface area contributed by atoms with Crippen molar-refractivity contribution in [3.8, 4) is 6.07 Å². The number of para-hydroxylation sites is 1. The van der Waals surface area contributed by atoms with Crippen LogP contribution in [0.3, 0.4) is 0 Å². The summed E-state index contributed by atoms with van der Waals surface area (Å²) in [4.78, 5) is 27.5. The fourth-order valence-corrected chi connectivity index (χ4v) is 2.07. The molecule has 0 radical (unpaired) electrons. The van der Waals surface area contributed by atoms with Gasteiger partial charge in [0.15, 0.2) is 0 Å². The van der Waals surface area contributed by atoms with Crippen LogP contribution in [0.1, 0.15) is 29.8 Å². The SMILES string of the molecule is N#CCCC[C@@H](NC(=O)c1ccc2ccccc2n1)C(=O)O. The highest BCUT2D eigenvalue weighted by molar-refractivity contribution is 5.96. The number of unbranched alkanes of at least 4 members (excludes halogenated alkanes) is 1. The number of hydrogen-bond donors (Lipinski definition) is 2. The van der Waals surface area contributed by atoms with Gasteiger partial charge in [0.05, 0.1) is 11.6 Å². The van der Waals surface area contributed by atoms with Gasteiger partial charge in [-0.15, -0.1) is 0 Å². The molecule has 0 bridgehead atoms. The normalized spacial score (nSPS) is 11.6. The van der Waals surface area contributed by atoms with Gasteiger partial charge >= 0.3 is 5.97 Å². The van der Waals surface area contributed by atoms with Gasteiger partial charge in [0.2, 0.25) is 0 Å². The number of nitriles is 1. The highest BCUT2D eigenvalue weighted by Gasteiger charge is 2.20. The van der Waals surface area contributed by atoms with E-state index in [1.54, 1.807) is 18.2 Å². The quantitative estimate of drug-likeness (QED) is 0.795. The van der Waals surface area contributed by atoms with E-state index >= 15 is 0 Å². The van der Waals surface area contributed by atoms with E-state index in [4.69, 9.17) is 10.4 Å². The summed E-state index contributed by atoms with van der Waals surface area (Å²) in [5.74, 6) is -1.65. The molecule has 1 aromatic carbocycles. The van der Waals surface area contributed by atoms with Crippen molar-refractivity contribution < 1.29 is 14.7 Å². The number of carbonyl (C=O) groups is 2. The first-order valence-corrected chi connectivity index (χ1v) is 6.88. The molecule has 0 aliphatic heterocycles. The number of nitrogens with zero attached hydrogens (tertiary/aromatic N) is 2. The van der Waals surface area contributed by atoms with E-state index in [0.29, 0.717) is 11.9 Å². The van der Waals surface area contributed by atoms with Crippen LogP contribution in [0.4, 0.5) is 0 Å². The fourth-order valence-electron chi connectivity index (χ4n) is 2.07. The fraction of sp³-hybridized carbons (Fsp3) is 0.250. The zero-order valence-corrected chi connectivity index (χ0v) is 11.8. The number of pyridine rings is 1. The van der Waals surface area contributed by atoms with Crippen LogP contribution in [-0.2, 0) is 4.79 Å². The molecule has 0 saturated carbocycles. The van der Waals surface area contributed by atoms with E-state index in [9.17, 15) is 9.59 Å². The van der Waals surface area contributed by atoms with Gasteiger partial charge in [-0.2, -0.15) is 5.26 Å². The molecule has 1 atom stereocenters. The van der Waals surface area contributed by atoms with Gasteiger partial charge in [0, 0.05) is 11.8 Å². The zero-order chi connectivity index (χ0) is 15.9. The molecule has 6 nitrogen and oxygen atoms in total. The lowest BCUT2D eigenvalue weighted by Gasteiger charge is -2.13. The first-order valence-electron chi connectivity index (χ1n) is 6.88. The van der Waals surface area contributed by atoms with Crippen LogP contribution in [0, 0.1) is 11.3 Å². The van der Waals surface area contributed by atoms with Crippen molar-refractivity contribution >= 4 is 22.8 Å². The summed E-state index contributed by atoms with van der Waals surface area (Å²) in [5, 5.41) is 21.0. The number of aromatic nitrogens is 1. The van der Waals surface area contributed by atoms with Gasteiger partial charge in [0.25, 0.3) is 5.91 Å². The molecule has 2 N–H and O–H groups in total. The Hall–Kier alpha value is -2.94. The van der Waals surface area contributed by atoms with Crippen molar-refractivity contribution in [1.82, 2.24) is 10.3 Å². The third kappa shape index (κ3) is 3.79. The number of carbonyl (C=O) groups excluding carboxylic acids is 1. The van der Waals surface area contributed by atoms with Crippen LogP contribution in [0.5, 0.6) is 0 Å². The van der Waals surface area contributed by atoms with Crippen molar-refractivity contribution in [3.05, 3.63) is 42.1 Å². The minimum Gasteiger partial charge on any atom is -0.480 e. The van der Waals surface area contributed by atoms with Crippen LogP contribution in [0.25, 0.3) is 10.9 Å². The molecule has 2 rings (SSSR count). The molecular weight excluding hydrogens is 282 g/mol. The number of rotatable bonds is 6. The largest absolute Gasteiger partial charge is 0.480 e. The average Bonchev–Trinajstić information content (AvgIpc) is 2.53. The molecule has 1 heterocycles. The molecular formula is C16H15N3O3. The van der Waals surface area contributed by atoms with Crippen LogP contribution in [0.2, 0.25) is 0 Å². The van der Waals surface area contributed by atoms with Gasteiger partial charge in [-0.05, 0) is 25.0 Å². The van der Waals surface area contributed by atoms with Crippen LogP contribution < -0.4 is 5.32 Å². The average molecular weight is 297 g/mol. The Morgan fingerprint density at radius 2 is 2.05 bits per heavy atom. The van der Waals surface area contributed by atoms with E-state index in [2.05, 4.69) is 10.3 Å². The second-order valence-electron chi connectivity index (χ2n) is 4.80. The van der Waals surface area contributed by atoms with Crippen LogP contribution >= 0.6 is 0 Å². The standard InChI is InChI=1S/C16H15N3O3/c17-10-4-3-7-14(16(21)22)19-15(20)13-9-8-11-5-1-2-6-12(11)18-13/h1-2,5-6,8-9,14H,3-4,7H2,(H,19,20)(H,21,22)/t14-/m1/s1. The third-order valence-corrected chi connectivity index (χ3v) is 3.22. The van der Waals surface area contributed by atoms with Crippen molar-refractivity contribution in [2.75, 3.05) is 0 Å². The Bertz CT molecular complexity index is 737. The van der Waals surface area contributed by atoms with Crippen LogP contribution in [-0.4, -0.2) is 28.0 Å². The summed E-state index contributed by atoms with van der Waals surface area (Å²) in [6.45, 7) is 0. The number of benzene rings is 1. The summed E-state index contributed by atoms with van der Waals surface area (Å²) in [6.07, 6.45) is 0.884. The lowest BCUT2D eigenvalue weighted by molar-refractivity contribution is -0.139. The Morgan fingerprint density at radius 1 is 1.27 bits per heavy atom. The Morgan fingerprint density at radius 3 is 2.77 bits per heavy atom. The minimum absolute atomic E-state index is 0.172. The number of aliphatic carboxylic acids is 1. The second kappa shape index (κ2) is 7.18.